The molecule has 148 valence electrons. The monoisotopic (exact) mass is 380 g/mol. The summed E-state index contributed by atoms with van der Waals surface area (Å²) in [6.07, 6.45) is 5.83. The number of hydrogen-bond donors (Lipinski definition) is 1. The molecule has 28 heavy (non-hydrogen) atoms. The van der Waals surface area contributed by atoms with E-state index in [4.69, 9.17) is 9.47 Å². The number of aromatic hydroxyl groups is 1. The van der Waals surface area contributed by atoms with Crippen molar-refractivity contribution in [1.29, 1.82) is 0 Å². The van der Waals surface area contributed by atoms with E-state index in [9.17, 15) is 9.90 Å². The Balaban J connectivity index is 2.61. The highest BCUT2D eigenvalue weighted by Crippen LogP contribution is 2.37. The third kappa shape index (κ3) is 5.49. The van der Waals surface area contributed by atoms with E-state index in [2.05, 4.69) is 0 Å². The summed E-state index contributed by atoms with van der Waals surface area (Å²) in [6, 6.07) is 11.5. The number of phenolic OH excluding ortho intramolecular Hbond substituents is 1. The van der Waals surface area contributed by atoms with Crippen LogP contribution in [0.3, 0.4) is 0 Å². The summed E-state index contributed by atoms with van der Waals surface area (Å²) in [4.78, 5) is 12.7. The average molecular weight is 380 g/mol. The van der Waals surface area contributed by atoms with Crippen molar-refractivity contribution in [3.8, 4) is 11.5 Å². The fraction of sp³-hybridized carbons (Fsp3) is 0.292. The smallest absolute Gasteiger partial charge is 0.342 e. The predicted octanol–water partition coefficient (Wildman–Crippen LogP) is 5.65. The summed E-state index contributed by atoms with van der Waals surface area (Å²) >= 11 is 0. The molecule has 2 aromatic rings. The Labute approximate surface area is 167 Å². The third-order valence-corrected chi connectivity index (χ3v) is 4.13. The van der Waals surface area contributed by atoms with Crippen LogP contribution in [0.2, 0.25) is 0 Å². The molecule has 0 aliphatic heterocycles. The maximum absolute atomic E-state index is 12.7. The lowest BCUT2D eigenvalue weighted by molar-refractivity contribution is 0.0374. The first-order valence-electron chi connectivity index (χ1n) is 9.33. The SMILES string of the molecule is COc1cc(/C=C/c2ccccc2)c(C(=O)OC(C)C)c(O)c1CC=C(C)C. The Morgan fingerprint density at radius 3 is 2.39 bits per heavy atom. The zero-order valence-electron chi connectivity index (χ0n) is 17.2. The molecule has 0 saturated heterocycles. The van der Waals surface area contributed by atoms with E-state index in [-0.39, 0.29) is 17.4 Å². The Bertz CT molecular complexity index is 873. The molecule has 0 heterocycles. The first kappa shape index (κ1) is 21.3. The van der Waals surface area contributed by atoms with E-state index < -0.39 is 5.97 Å². The Hall–Kier alpha value is -3.01. The van der Waals surface area contributed by atoms with Crippen LogP contribution in [0.4, 0.5) is 0 Å². The van der Waals surface area contributed by atoms with Gasteiger partial charge in [-0.2, -0.15) is 0 Å². The van der Waals surface area contributed by atoms with Crippen molar-refractivity contribution in [2.75, 3.05) is 7.11 Å². The lowest BCUT2D eigenvalue weighted by Gasteiger charge is -2.17. The van der Waals surface area contributed by atoms with E-state index in [0.29, 0.717) is 23.3 Å². The highest BCUT2D eigenvalue weighted by Gasteiger charge is 2.23. The van der Waals surface area contributed by atoms with Crippen LogP contribution in [-0.4, -0.2) is 24.3 Å². The molecule has 0 aliphatic carbocycles. The molecule has 2 aromatic carbocycles. The number of ether oxygens (including phenoxy) is 2. The molecular weight excluding hydrogens is 352 g/mol. The minimum atomic E-state index is -0.554. The van der Waals surface area contributed by atoms with Gasteiger partial charge in [0.2, 0.25) is 0 Å². The summed E-state index contributed by atoms with van der Waals surface area (Å²) in [5, 5.41) is 10.9. The molecule has 0 bridgehead atoms. The summed E-state index contributed by atoms with van der Waals surface area (Å²) in [6.45, 7) is 7.52. The molecule has 0 fully saturated rings. The molecule has 0 spiro atoms. The fourth-order valence-electron chi connectivity index (χ4n) is 2.76. The van der Waals surface area contributed by atoms with Crippen LogP contribution in [0, 0.1) is 0 Å². The Morgan fingerprint density at radius 2 is 1.82 bits per heavy atom. The first-order valence-corrected chi connectivity index (χ1v) is 9.33. The molecule has 0 atom stereocenters. The minimum Gasteiger partial charge on any atom is -0.507 e. The lowest BCUT2D eigenvalue weighted by Crippen LogP contribution is -2.14. The predicted molar refractivity (Wildman–Crippen MR) is 114 cm³/mol. The number of hydrogen-bond acceptors (Lipinski definition) is 4. The molecule has 4 nitrogen and oxygen atoms in total. The van der Waals surface area contributed by atoms with E-state index in [1.165, 1.54) is 0 Å². The van der Waals surface area contributed by atoms with Gasteiger partial charge in [-0.3, -0.25) is 0 Å². The summed E-state index contributed by atoms with van der Waals surface area (Å²) in [5.74, 6) is -0.125. The van der Waals surface area contributed by atoms with Crippen LogP contribution in [0.15, 0.2) is 48.0 Å². The molecule has 0 saturated carbocycles. The number of rotatable bonds is 7. The van der Waals surface area contributed by atoms with Gasteiger partial charge in [-0.25, -0.2) is 4.79 Å². The van der Waals surface area contributed by atoms with Gasteiger partial charge in [0.05, 0.1) is 13.2 Å². The zero-order valence-corrected chi connectivity index (χ0v) is 17.2. The second-order valence-electron chi connectivity index (χ2n) is 7.05. The molecule has 0 aromatic heterocycles. The second kappa shape index (κ2) is 9.79. The van der Waals surface area contributed by atoms with Crippen molar-refractivity contribution >= 4 is 18.1 Å². The van der Waals surface area contributed by atoms with Gasteiger partial charge in [-0.1, -0.05) is 54.1 Å². The summed E-state index contributed by atoms with van der Waals surface area (Å²) in [7, 11) is 1.55. The Morgan fingerprint density at radius 1 is 1.14 bits per heavy atom. The zero-order chi connectivity index (χ0) is 20.7. The van der Waals surface area contributed by atoms with E-state index in [0.717, 1.165) is 11.1 Å². The maximum atomic E-state index is 12.7. The van der Waals surface area contributed by atoms with Crippen LogP contribution in [0.25, 0.3) is 12.2 Å². The van der Waals surface area contributed by atoms with E-state index in [1.54, 1.807) is 33.1 Å². The number of phenols is 1. The van der Waals surface area contributed by atoms with Crippen LogP contribution in [0.1, 0.15) is 54.7 Å². The second-order valence-corrected chi connectivity index (χ2v) is 7.05. The number of carbonyl (C=O) groups excluding carboxylic acids is 1. The van der Waals surface area contributed by atoms with Gasteiger partial charge in [0.1, 0.15) is 17.1 Å². The topological polar surface area (TPSA) is 55.8 Å². The van der Waals surface area contributed by atoms with Crippen LogP contribution in [0.5, 0.6) is 11.5 Å². The van der Waals surface area contributed by atoms with Crippen molar-refractivity contribution in [2.45, 2.75) is 40.2 Å². The number of allylic oxidation sites excluding steroid dienone is 2. The molecule has 0 radical (unpaired) electrons. The van der Waals surface area contributed by atoms with Crippen molar-refractivity contribution in [2.24, 2.45) is 0 Å². The maximum Gasteiger partial charge on any atom is 0.342 e. The van der Waals surface area contributed by atoms with Crippen LogP contribution >= 0.6 is 0 Å². The summed E-state index contributed by atoms with van der Waals surface area (Å²) < 4.78 is 10.9. The van der Waals surface area contributed by atoms with Gasteiger partial charge < -0.3 is 14.6 Å². The Kier molecular flexibility index (Phi) is 7.44. The van der Waals surface area contributed by atoms with Gasteiger partial charge in [-0.05, 0) is 51.3 Å². The van der Waals surface area contributed by atoms with E-state index >= 15 is 0 Å². The normalized spacial score (nSPS) is 10.9. The highest BCUT2D eigenvalue weighted by molar-refractivity contribution is 5.98. The van der Waals surface area contributed by atoms with Gasteiger partial charge in [0.15, 0.2) is 0 Å². The largest absolute Gasteiger partial charge is 0.507 e. The molecule has 1 N–H and O–H groups in total. The molecule has 4 heteroatoms. The molecule has 0 amide bonds. The van der Waals surface area contributed by atoms with Crippen LogP contribution < -0.4 is 4.74 Å². The molecule has 0 unspecified atom stereocenters. The molecular formula is C24H28O4. The minimum absolute atomic E-state index is 0.102. The first-order chi connectivity index (χ1) is 13.3. The molecule has 2 rings (SSSR count). The summed E-state index contributed by atoms with van der Waals surface area (Å²) in [5.41, 5.74) is 3.36. The number of benzene rings is 2. The van der Waals surface area contributed by atoms with Crippen molar-refractivity contribution in [3.63, 3.8) is 0 Å². The molecule has 0 aliphatic rings. The standard InChI is InChI=1S/C24H28O4/c1-16(2)11-14-20-21(27-5)15-19(13-12-18-9-7-6-8-10-18)22(23(20)25)24(26)28-17(3)4/h6-13,15,17,25H,14H2,1-5H3/b13-12+. The van der Waals surface area contributed by atoms with Gasteiger partial charge in [-0.15, -0.1) is 0 Å². The number of carbonyl (C=O) groups is 1. The van der Waals surface area contributed by atoms with Crippen molar-refractivity contribution in [1.82, 2.24) is 0 Å². The fourth-order valence-corrected chi connectivity index (χ4v) is 2.76. The quantitative estimate of drug-likeness (QED) is 0.383. The van der Waals surface area contributed by atoms with Gasteiger partial charge >= 0.3 is 5.97 Å². The lowest BCUT2D eigenvalue weighted by atomic mass is 9.97. The van der Waals surface area contributed by atoms with Crippen molar-refractivity contribution in [3.05, 3.63) is 70.3 Å². The average Bonchev–Trinajstić information content (AvgIpc) is 2.64. The van der Waals surface area contributed by atoms with Crippen molar-refractivity contribution < 1.29 is 19.4 Å². The van der Waals surface area contributed by atoms with E-state index in [1.807, 2.05) is 56.3 Å². The highest BCUT2D eigenvalue weighted by atomic mass is 16.5. The van der Waals surface area contributed by atoms with Gasteiger partial charge in [0.25, 0.3) is 0 Å². The number of esters is 1. The van der Waals surface area contributed by atoms with Crippen LogP contribution in [-0.2, 0) is 11.2 Å². The number of methoxy groups -OCH3 is 1. The third-order valence-electron chi connectivity index (χ3n) is 4.13. The van der Waals surface area contributed by atoms with Gasteiger partial charge in [0, 0.05) is 5.56 Å².